The minimum Gasteiger partial charge on any atom is -0.462 e. The zero-order chi connectivity index (χ0) is 80.9. The molecule has 0 spiro atoms. The summed E-state index contributed by atoms with van der Waals surface area (Å²) in [5.74, 6) is 1.12. The van der Waals surface area contributed by atoms with Gasteiger partial charge in [0.15, 0.2) is 12.2 Å². The zero-order valence-electron chi connectivity index (χ0n) is 72.9. The number of carbonyl (C=O) groups excluding carboxylic acids is 4. The molecule has 0 aliphatic rings. The molecule has 654 valence electrons. The normalized spacial score (nSPS) is 14.3. The van der Waals surface area contributed by atoms with Crippen molar-refractivity contribution in [2.24, 2.45) is 23.7 Å². The van der Waals surface area contributed by atoms with Crippen LogP contribution in [0.2, 0.25) is 0 Å². The Labute approximate surface area is 677 Å². The smallest absolute Gasteiger partial charge is 0.462 e. The van der Waals surface area contributed by atoms with Gasteiger partial charge in [0.1, 0.15) is 19.3 Å². The second-order valence-electron chi connectivity index (χ2n) is 34.1. The molecule has 0 aromatic carbocycles. The van der Waals surface area contributed by atoms with Gasteiger partial charge < -0.3 is 33.8 Å². The number of carbonyl (C=O) groups is 4. The molecule has 0 aliphatic carbocycles. The van der Waals surface area contributed by atoms with Gasteiger partial charge in [-0.3, -0.25) is 37.3 Å². The van der Waals surface area contributed by atoms with Gasteiger partial charge in [0.2, 0.25) is 0 Å². The second kappa shape index (κ2) is 79.5. The average Bonchev–Trinajstić information content (AvgIpc) is 0.892. The summed E-state index contributed by atoms with van der Waals surface area (Å²) in [5.41, 5.74) is 0. The van der Waals surface area contributed by atoms with Gasteiger partial charge in [0.25, 0.3) is 0 Å². The quantitative estimate of drug-likeness (QED) is 0.0222. The van der Waals surface area contributed by atoms with Gasteiger partial charge in [-0.2, -0.15) is 0 Å². The van der Waals surface area contributed by atoms with Crippen LogP contribution in [0, 0.1) is 23.7 Å². The molecule has 0 bridgehead atoms. The van der Waals surface area contributed by atoms with Gasteiger partial charge in [-0.25, -0.2) is 9.13 Å². The summed E-state index contributed by atoms with van der Waals surface area (Å²) >= 11 is 0. The fraction of sp³-hybridized carbons (Fsp3) is 0.956. The molecule has 19 heteroatoms. The molecule has 0 aliphatic heterocycles. The molecule has 0 aromatic heterocycles. The SMILES string of the molecule is CCC(C)CCCCCCCCCCCCCCCCCCCCC(=O)O[C@H](COC(=O)CCCCCCCCCCCCCCCCCCC(C)C)COP(=O)(O)OC[C@@H](O)COP(=O)(O)OC[C@@H](COC(=O)CCCCCCCCC(C)CC)OC(=O)CCCCCCCCCCCCCCCCCCC(C)C. The van der Waals surface area contributed by atoms with Crippen LogP contribution in [0.3, 0.4) is 0 Å². The topological polar surface area (TPSA) is 237 Å². The van der Waals surface area contributed by atoms with E-state index in [-0.39, 0.29) is 25.7 Å². The van der Waals surface area contributed by atoms with Crippen LogP contribution in [-0.2, 0) is 65.4 Å². The summed E-state index contributed by atoms with van der Waals surface area (Å²) < 4.78 is 69.0. The molecule has 3 N–H and O–H groups in total. The number of esters is 4. The van der Waals surface area contributed by atoms with Crippen LogP contribution in [0.1, 0.15) is 479 Å². The Morgan fingerprint density at radius 2 is 0.436 bits per heavy atom. The third-order valence-electron chi connectivity index (χ3n) is 22.0. The lowest BCUT2D eigenvalue weighted by Crippen LogP contribution is -2.30. The Balaban J connectivity index is 5.22. The number of phosphoric acid groups is 2. The van der Waals surface area contributed by atoms with E-state index in [0.29, 0.717) is 25.7 Å². The van der Waals surface area contributed by atoms with Gasteiger partial charge in [0, 0.05) is 25.7 Å². The van der Waals surface area contributed by atoms with Crippen molar-refractivity contribution >= 4 is 39.5 Å². The third kappa shape index (κ3) is 81.2. The van der Waals surface area contributed by atoms with E-state index in [2.05, 4.69) is 55.4 Å². The zero-order valence-corrected chi connectivity index (χ0v) is 74.7. The average molecular weight is 1610 g/mol. The van der Waals surface area contributed by atoms with Gasteiger partial charge in [0.05, 0.1) is 26.4 Å². The molecule has 0 amide bonds. The number of hydrogen-bond donors (Lipinski definition) is 3. The number of aliphatic hydroxyl groups is 1. The van der Waals surface area contributed by atoms with E-state index < -0.39 is 97.5 Å². The molecule has 0 saturated carbocycles. The molecule has 0 fully saturated rings. The highest BCUT2D eigenvalue weighted by Crippen LogP contribution is 2.45. The van der Waals surface area contributed by atoms with Crippen molar-refractivity contribution in [3.63, 3.8) is 0 Å². The molecule has 4 unspecified atom stereocenters. The minimum atomic E-state index is -4.97. The molecule has 0 radical (unpaired) electrons. The summed E-state index contributed by atoms with van der Waals surface area (Å²) in [4.78, 5) is 73.4. The minimum absolute atomic E-state index is 0.107. The molecule has 0 rings (SSSR count). The summed E-state index contributed by atoms with van der Waals surface area (Å²) in [6, 6.07) is 0. The molecular weight excluding hydrogens is 1430 g/mol. The molecule has 0 saturated heterocycles. The monoisotopic (exact) mass is 1610 g/mol. The van der Waals surface area contributed by atoms with Gasteiger partial charge in [-0.05, 0) is 49.4 Å². The van der Waals surface area contributed by atoms with Crippen molar-refractivity contribution < 1.29 is 80.2 Å². The predicted molar refractivity (Wildman–Crippen MR) is 455 cm³/mol. The largest absolute Gasteiger partial charge is 0.472 e. The van der Waals surface area contributed by atoms with Crippen LogP contribution in [0.25, 0.3) is 0 Å². The van der Waals surface area contributed by atoms with E-state index in [1.54, 1.807) is 0 Å². The fourth-order valence-corrected chi connectivity index (χ4v) is 15.7. The lowest BCUT2D eigenvalue weighted by atomic mass is 9.99. The summed E-state index contributed by atoms with van der Waals surface area (Å²) in [5, 5.41) is 10.7. The highest BCUT2D eigenvalue weighted by molar-refractivity contribution is 7.47. The highest BCUT2D eigenvalue weighted by Gasteiger charge is 2.31. The van der Waals surface area contributed by atoms with Crippen molar-refractivity contribution in [1.29, 1.82) is 0 Å². The van der Waals surface area contributed by atoms with E-state index in [9.17, 15) is 43.2 Å². The number of unbranched alkanes of at least 4 members (excludes halogenated alkanes) is 52. The van der Waals surface area contributed by atoms with Crippen molar-refractivity contribution in [3.8, 4) is 0 Å². The van der Waals surface area contributed by atoms with Crippen LogP contribution in [0.4, 0.5) is 0 Å². The molecule has 7 atom stereocenters. The van der Waals surface area contributed by atoms with Crippen LogP contribution in [0.15, 0.2) is 0 Å². The number of ether oxygens (including phenoxy) is 4. The second-order valence-corrected chi connectivity index (χ2v) is 37.0. The Morgan fingerprint density at radius 3 is 0.645 bits per heavy atom. The first-order valence-corrected chi connectivity index (χ1v) is 49.8. The van der Waals surface area contributed by atoms with Crippen molar-refractivity contribution in [2.45, 2.75) is 497 Å². The first-order chi connectivity index (χ1) is 53.2. The van der Waals surface area contributed by atoms with Crippen molar-refractivity contribution in [1.82, 2.24) is 0 Å². The van der Waals surface area contributed by atoms with Gasteiger partial charge in [-0.15, -0.1) is 0 Å². The first kappa shape index (κ1) is 108. The Bertz CT molecular complexity index is 2130. The molecule has 110 heavy (non-hydrogen) atoms. The molecule has 0 aromatic rings. The maximum absolute atomic E-state index is 13.2. The molecule has 0 heterocycles. The van der Waals surface area contributed by atoms with Crippen LogP contribution in [-0.4, -0.2) is 96.7 Å². The van der Waals surface area contributed by atoms with Crippen LogP contribution >= 0.6 is 15.6 Å². The third-order valence-corrected chi connectivity index (χ3v) is 23.9. The van der Waals surface area contributed by atoms with E-state index in [4.69, 9.17) is 37.0 Å². The Kier molecular flexibility index (Phi) is 78.1. The summed E-state index contributed by atoms with van der Waals surface area (Å²) in [6.45, 7) is 14.4. The lowest BCUT2D eigenvalue weighted by Gasteiger charge is -2.21. The van der Waals surface area contributed by atoms with Gasteiger partial charge >= 0.3 is 39.5 Å². The molecular formula is C91H178O17P2. The highest BCUT2D eigenvalue weighted by atomic mass is 31.2. The summed E-state index contributed by atoms with van der Waals surface area (Å²) in [7, 11) is -9.94. The van der Waals surface area contributed by atoms with Crippen LogP contribution < -0.4 is 0 Å². The Morgan fingerprint density at radius 1 is 0.255 bits per heavy atom. The number of phosphoric ester groups is 2. The Hall–Kier alpha value is -1.94. The maximum atomic E-state index is 13.2. The van der Waals surface area contributed by atoms with Crippen molar-refractivity contribution in [2.75, 3.05) is 39.6 Å². The van der Waals surface area contributed by atoms with E-state index in [1.807, 2.05) is 0 Å². The lowest BCUT2D eigenvalue weighted by molar-refractivity contribution is -0.161. The van der Waals surface area contributed by atoms with Gasteiger partial charge in [-0.1, -0.05) is 428 Å². The van der Waals surface area contributed by atoms with E-state index in [1.165, 1.54) is 276 Å². The molecule has 17 nitrogen and oxygen atoms in total. The fourth-order valence-electron chi connectivity index (χ4n) is 14.1. The van der Waals surface area contributed by atoms with E-state index >= 15 is 0 Å². The number of rotatable bonds is 88. The standard InChI is InChI=1S/C91H178O17P2/c1-9-83(7)69-61-53-45-39-33-27-21-13-11-12-14-23-29-35-41-47-57-65-73-90(95)107-86(77-101-88(93)71-63-55-46-40-34-28-22-17-15-19-25-31-37-43-51-59-67-81(3)4)79-105-109(97,98)103-75-85(92)76-104-110(99,100)106-80-87(78-102-89(94)72-64-56-50-49-54-62-70-84(8)10-2)108-91(96)74-66-58-48-42-36-30-24-18-16-20-26-32-38-44-52-60-68-82(5)6/h81-87,92H,9-80H2,1-8H3,(H,97,98)(H,99,100)/t83?,84?,85-,86-,87-/m1/s1. The summed E-state index contributed by atoms with van der Waals surface area (Å²) in [6.07, 6.45) is 70.9. The predicted octanol–water partition coefficient (Wildman–Crippen LogP) is 27.9. The van der Waals surface area contributed by atoms with Crippen LogP contribution in [0.5, 0.6) is 0 Å². The number of aliphatic hydroxyl groups excluding tert-OH is 1. The first-order valence-electron chi connectivity index (χ1n) is 46.8. The maximum Gasteiger partial charge on any atom is 0.472 e. The number of hydrogen-bond acceptors (Lipinski definition) is 15. The van der Waals surface area contributed by atoms with E-state index in [0.717, 1.165) is 120 Å². The van der Waals surface area contributed by atoms with Crippen molar-refractivity contribution in [3.05, 3.63) is 0 Å².